The number of piperazine rings is 1. The van der Waals surface area contributed by atoms with Crippen LogP contribution in [-0.2, 0) is 6.42 Å². The minimum absolute atomic E-state index is 0.0569. The van der Waals surface area contributed by atoms with E-state index in [1.807, 2.05) is 54.3 Å². The third-order valence-corrected chi connectivity index (χ3v) is 6.40. The maximum atomic E-state index is 12.6. The van der Waals surface area contributed by atoms with Gasteiger partial charge in [0.1, 0.15) is 5.82 Å². The van der Waals surface area contributed by atoms with E-state index in [4.69, 9.17) is 11.6 Å². The molecule has 1 aromatic heterocycles. The molecule has 1 fully saturated rings. The van der Waals surface area contributed by atoms with Gasteiger partial charge in [-0.25, -0.2) is 9.78 Å². The first-order valence-electron chi connectivity index (χ1n) is 9.93. The van der Waals surface area contributed by atoms with Crippen molar-refractivity contribution in [3.8, 4) is 0 Å². The topological polar surface area (TPSA) is 61.4 Å². The molecule has 4 rings (SSSR count). The van der Waals surface area contributed by atoms with Crippen LogP contribution in [-0.4, -0.2) is 46.5 Å². The first-order valence-corrected chi connectivity index (χ1v) is 11.1. The van der Waals surface area contributed by atoms with Gasteiger partial charge in [0.05, 0.1) is 0 Å². The van der Waals surface area contributed by atoms with Crippen molar-refractivity contribution in [2.45, 2.75) is 20.3 Å². The highest BCUT2D eigenvalue weighted by atomic mass is 35.5. The second-order valence-corrected chi connectivity index (χ2v) is 8.67. The van der Waals surface area contributed by atoms with E-state index < -0.39 is 0 Å². The number of aryl methyl sites for hydroxylation is 2. The van der Waals surface area contributed by atoms with Crippen molar-refractivity contribution in [1.82, 2.24) is 14.3 Å². The summed E-state index contributed by atoms with van der Waals surface area (Å²) in [5.41, 5.74) is 4.36. The number of urea groups is 1. The van der Waals surface area contributed by atoms with Crippen molar-refractivity contribution in [2.24, 2.45) is 0 Å². The third-order valence-electron chi connectivity index (χ3n) is 5.33. The van der Waals surface area contributed by atoms with E-state index in [1.54, 1.807) is 0 Å². The summed E-state index contributed by atoms with van der Waals surface area (Å²) in [7, 11) is 0. The van der Waals surface area contributed by atoms with Crippen LogP contribution >= 0.6 is 23.1 Å². The van der Waals surface area contributed by atoms with Gasteiger partial charge in [-0.05, 0) is 54.8 Å². The van der Waals surface area contributed by atoms with Crippen molar-refractivity contribution in [3.63, 3.8) is 0 Å². The van der Waals surface area contributed by atoms with Gasteiger partial charge in [-0.15, -0.1) is 0 Å². The summed E-state index contributed by atoms with van der Waals surface area (Å²) in [6, 6.07) is 13.7. The minimum atomic E-state index is -0.0569. The molecule has 3 aromatic rings. The first kappa shape index (κ1) is 20.6. The lowest BCUT2D eigenvalue weighted by atomic mass is 10.1. The maximum absolute atomic E-state index is 12.6. The fourth-order valence-electron chi connectivity index (χ4n) is 3.35. The molecule has 8 heteroatoms. The van der Waals surface area contributed by atoms with E-state index in [0.29, 0.717) is 19.5 Å². The zero-order valence-electron chi connectivity index (χ0n) is 17.1. The van der Waals surface area contributed by atoms with Crippen molar-refractivity contribution in [1.29, 1.82) is 0 Å². The van der Waals surface area contributed by atoms with Gasteiger partial charge in [-0.2, -0.15) is 4.37 Å². The van der Waals surface area contributed by atoms with E-state index in [-0.39, 0.29) is 6.03 Å². The molecule has 1 aliphatic heterocycles. The number of amides is 2. The molecule has 1 aliphatic rings. The zero-order chi connectivity index (χ0) is 21.1. The second-order valence-electron chi connectivity index (χ2n) is 7.50. The zero-order valence-corrected chi connectivity index (χ0v) is 18.6. The second kappa shape index (κ2) is 9.02. The quantitative estimate of drug-likeness (QED) is 0.634. The van der Waals surface area contributed by atoms with Gasteiger partial charge < -0.3 is 15.1 Å². The molecule has 156 valence electrons. The number of carbonyl (C=O) groups is 1. The van der Waals surface area contributed by atoms with Crippen molar-refractivity contribution in [3.05, 3.63) is 70.0 Å². The Morgan fingerprint density at radius 3 is 2.50 bits per heavy atom. The molecule has 2 amide bonds. The lowest BCUT2D eigenvalue weighted by molar-refractivity contribution is 0.208. The van der Waals surface area contributed by atoms with Crippen LogP contribution in [0.1, 0.15) is 22.5 Å². The van der Waals surface area contributed by atoms with Crippen LogP contribution in [0.4, 0.5) is 15.6 Å². The van der Waals surface area contributed by atoms with Crippen LogP contribution in [0.15, 0.2) is 42.5 Å². The van der Waals surface area contributed by atoms with Crippen LogP contribution in [0.2, 0.25) is 5.02 Å². The number of benzene rings is 2. The Hall–Kier alpha value is -2.64. The maximum Gasteiger partial charge on any atom is 0.321 e. The predicted octanol–water partition coefficient (Wildman–Crippen LogP) is 4.75. The monoisotopic (exact) mass is 441 g/mol. The molecule has 30 heavy (non-hydrogen) atoms. The van der Waals surface area contributed by atoms with Gasteiger partial charge in [-0.1, -0.05) is 29.8 Å². The molecule has 2 heterocycles. The van der Waals surface area contributed by atoms with Crippen LogP contribution in [0.3, 0.4) is 0 Å². The lowest BCUT2D eigenvalue weighted by Gasteiger charge is -2.34. The Balaban J connectivity index is 1.31. The Morgan fingerprint density at radius 1 is 1.07 bits per heavy atom. The normalized spacial score (nSPS) is 14.1. The molecule has 0 atom stereocenters. The lowest BCUT2D eigenvalue weighted by Crippen LogP contribution is -2.50. The molecule has 1 N–H and O–H groups in total. The van der Waals surface area contributed by atoms with Gasteiger partial charge in [0, 0.05) is 54.8 Å². The van der Waals surface area contributed by atoms with E-state index in [2.05, 4.69) is 26.5 Å². The fourth-order valence-corrected chi connectivity index (χ4v) is 4.21. The molecule has 0 saturated carbocycles. The van der Waals surface area contributed by atoms with Crippen LogP contribution in [0.5, 0.6) is 0 Å². The predicted molar refractivity (Wildman–Crippen MR) is 123 cm³/mol. The number of hydrogen-bond donors (Lipinski definition) is 1. The number of nitrogens with one attached hydrogen (secondary N) is 1. The highest BCUT2D eigenvalue weighted by Crippen LogP contribution is 2.22. The Bertz CT molecular complexity index is 1030. The van der Waals surface area contributed by atoms with Gasteiger partial charge in [0.2, 0.25) is 5.13 Å². The molecule has 0 radical (unpaired) electrons. The number of halogens is 1. The molecule has 0 bridgehead atoms. The molecule has 2 aromatic carbocycles. The van der Waals surface area contributed by atoms with Crippen molar-refractivity contribution in [2.75, 3.05) is 36.4 Å². The Kier molecular flexibility index (Phi) is 6.20. The van der Waals surface area contributed by atoms with Gasteiger partial charge in [0.25, 0.3) is 0 Å². The molecular formula is C22H24ClN5OS. The van der Waals surface area contributed by atoms with Crippen molar-refractivity contribution < 1.29 is 4.79 Å². The molecule has 0 spiro atoms. The third kappa shape index (κ3) is 4.91. The van der Waals surface area contributed by atoms with Gasteiger partial charge in [-0.3, -0.25) is 0 Å². The summed E-state index contributed by atoms with van der Waals surface area (Å²) in [5, 5.41) is 4.64. The molecule has 1 saturated heterocycles. The summed E-state index contributed by atoms with van der Waals surface area (Å²) < 4.78 is 4.50. The summed E-state index contributed by atoms with van der Waals surface area (Å²) in [6.07, 6.45) is 0.687. The standard InChI is InChI=1S/C22H24ClN5OS/c1-15-3-8-19(13-16(15)2)24-21(29)27-9-11-28(12-10-27)22-25-20(26-30-22)14-17-4-6-18(23)7-5-17/h3-8,13H,9-12,14H2,1-2H3,(H,24,29). The molecule has 6 nitrogen and oxygen atoms in total. The Morgan fingerprint density at radius 2 is 1.80 bits per heavy atom. The highest BCUT2D eigenvalue weighted by Gasteiger charge is 2.23. The van der Waals surface area contributed by atoms with Crippen molar-refractivity contribution >= 4 is 40.0 Å². The van der Waals surface area contributed by atoms with Crippen LogP contribution < -0.4 is 10.2 Å². The largest absolute Gasteiger partial charge is 0.343 e. The molecular weight excluding hydrogens is 418 g/mol. The van der Waals surface area contributed by atoms with E-state index in [1.165, 1.54) is 22.7 Å². The summed E-state index contributed by atoms with van der Waals surface area (Å²) >= 11 is 7.36. The number of rotatable bonds is 4. The molecule has 0 aliphatic carbocycles. The summed E-state index contributed by atoms with van der Waals surface area (Å²) in [4.78, 5) is 21.3. The first-order chi connectivity index (χ1) is 14.5. The fraction of sp³-hybridized carbons (Fsp3) is 0.318. The SMILES string of the molecule is Cc1ccc(NC(=O)N2CCN(c3nc(Cc4ccc(Cl)cc4)ns3)CC2)cc1C. The number of carbonyl (C=O) groups excluding carboxylic acids is 1. The van der Waals surface area contributed by atoms with Crippen LogP contribution in [0.25, 0.3) is 0 Å². The average Bonchev–Trinajstić information content (AvgIpc) is 3.21. The number of nitrogens with zero attached hydrogens (tertiary/aromatic N) is 4. The van der Waals surface area contributed by atoms with Gasteiger partial charge >= 0.3 is 6.03 Å². The number of hydrogen-bond acceptors (Lipinski definition) is 5. The van der Waals surface area contributed by atoms with E-state index in [9.17, 15) is 4.79 Å². The summed E-state index contributed by atoms with van der Waals surface area (Å²) in [5.74, 6) is 0.812. The molecule has 0 unspecified atom stereocenters. The smallest absolute Gasteiger partial charge is 0.321 e. The van der Waals surface area contributed by atoms with Crippen LogP contribution in [0, 0.1) is 13.8 Å². The number of anilines is 2. The highest BCUT2D eigenvalue weighted by molar-refractivity contribution is 7.09. The minimum Gasteiger partial charge on any atom is -0.343 e. The van der Waals surface area contributed by atoms with E-state index in [0.717, 1.165) is 40.3 Å². The number of aromatic nitrogens is 2. The summed E-state index contributed by atoms with van der Waals surface area (Å²) in [6.45, 7) is 6.92. The van der Waals surface area contributed by atoms with E-state index >= 15 is 0 Å². The average molecular weight is 442 g/mol. The van der Waals surface area contributed by atoms with Gasteiger partial charge in [0.15, 0.2) is 0 Å². The Labute approximate surface area is 185 Å².